The predicted octanol–water partition coefficient (Wildman–Crippen LogP) is 3.60. The fourth-order valence-corrected chi connectivity index (χ4v) is 6.35. The van der Waals surface area contributed by atoms with Crippen LogP contribution in [0, 0.1) is 5.82 Å². The second-order valence-corrected chi connectivity index (χ2v) is 10.6. The molecule has 0 aliphatic carbocycles. The molecule has 1 N–H and O–H groups in total. The number of sulfonamides is 1. The van der Waals surface area contributed by atoms with Gasteiger partial charge in [-0.3, -0.25) is 4.79 Å². The van der Waals surface area contributed by atoms with Crippen molar-refractivity contribution in [3.8, 4) is 11.4 Å². The Hall–Kier alpha value is -3.11. The minimum Gasteiger partial charge on any atom is -0.325 e. The molecule has 34 heavy (non-hydrogen) atoms. The Balaban J connectivity index is 1.36. The van der Waals surface area contributed by atoms with Crippen LogP contribution >= 0.6 is 0 Å². The van der Waals surface area contributed by atoms with Gasteiger partial charge in [-0.1, -0.05) is 18.6 Å². The molecule has 0 saturated carbocycles. The van der Waals surface area contributed by atoms with Crippen molar-refractivity contribution < 1.29 is 17.6 Å². The number of anilines is 1. The number of amides is 1. The van der Waals surface area contributed by atoms with Crippen LogP contribution in [0.15, 0.2) is 53.4 Å². The van der Waals surface area contributed by atoms with Gasteiger partial charge < -0.3 is 9.88 Å². The predicted molar refractivity (Wildman–Crippen MR) is 125 cm³/mol. The highest BCUT2D eigenvalue weighted by Gasteiger charge is 2.39. The Morgan fingerprint density at radius 2 is 1.82 bits per heavy atom. The third-order valence-electron chi connectivity index (χ3n) is 6.42. The highest BCUT2D eigenvalue weighted by Crippen LogP contribution is 2.29. The quantitative estimate of drug-likeness (QED) is 0.598. The molecule has 3 aromatic rings. The molecule has 0 radical (unpaired) electrons. The zero-order chi connectivity index (χ0) is 23.7. The van der Waals surface area contributed by atoms with Gasteiger partial charge in [-0.15, -0.1) is 10.2 Å². The van der Waals surface area contributed by atoms with Gasteiger partial charge in [0.05, 0.1) is 4.90 Å². The molecule has 0 bridgehead atoms. The molecule has 2 aliphatic heterocycles. The van der Waals surface area contributed by atoms with E-state index in [1.165, 1.54) is 16.4 Å². The first-order valence-electron chi connectivity index (χ1n) is 11.5. The second kappa shape index (κ2) is 9.27. The van der Waals surface area contributed by atoms with Gasteiger partial charge in [0.25, 0.3) is 0 Å². The topological polar surface area (TPSA) is 97.2 Å². The second-order valence-electron chi connectivity index (χ2n) is 8.70. The Bertz CT molecular complexity index is 1310. The third-order valence-corrected chi connectivity index (χ3v) is 8.35. The van der Waals surface area contributed by atoms with Crippen LogP contribution in [-0.4, -0.2) is 46.0 Å². The lowest BCUT2D eigenvalue weighted by molar-refractivity contribution is -0.119. The molecule has 0 unspecified atom stereocenters. The first-order valence-corrected chi connectivity index (χ1v) is 13.0. The number of rotatable bonds is 5. The van der Waals surface area contributed by atoms with E-state index in [0.29, 0.717) is 18.5 Å². The number of fused-ring (bicyclic) bond motifs is 1. The number of nitrogens with one attached hydrogen (secondary N) is 1. The molecule has 1 saturated heterocycles. The van der Waals surface area contributed by atoms with Crippen molar-refractivity contribution in [3.05, 3.63) is 60.2 Å². The van der Waals surface area contributed by atoms with Crippen LogP contribution in [0.25, 0.3) is 11.4 Å². The molecule has 10 heteroatoms. The van der Waals surface area contributed by atoms with Gasteiger partial charge in [0.15, 0.2) is 5.82 Å². The van der Waals surface area contributed by atoms with Crippen LogP contribution in [0.2, 0.25) is 0 Å². The van der Waals surface area contributed by atoms with E-state index in [-0.39, 0.29) is 17.3 Å². The molecule has 3 heterocycles. The molecular formula is C24H26FN5O3S. The molecule has 5 rings (SSSR count). The van der Waals surface area contributed by atoms with Crippen LogP contribution < -0.4 is 5.32 Å². The summed E-state index contributed by atoms with van der Waals surface area (Å²) in [5.74, 6) is 0.850. The first kappa shape index (κ1) is 22.7. The van der Waals surface area contributed by atoms with Gasteiger partial charge in [0.2, 0.25) is 15.9 Å². The zero-order valence-electron chi connectivity index (χ0n) is 18.7. The highest BCUT2D eigenvalue weighted by molar-refractivity contribution is 7.89. The largest absolute Gasteiger partial charge is 0.325 e. The van der Waals surface area contributed by atoms with E-state index < -0.39 is 21.9 Å². The van der Waals surface area contributed by atoms with Gasteiger partial charge in [0, 0.05) is 30.8 Å². The van der Waals surface area contributed by atoms with Gasteiger partial charge in [0.1, 0.15) is 17.7 Å². The summed E-state index contributed by atoms with van der Waals surface area (Å²) in [5.41, 5.74) is 1.42. The fraction of sp³-hybridized carbons (Fsp3) is 0.375. The highest BCUT2D eigenvalue weighted by atomic mass is 32.2. The summed E-state index contributed by atoms with van der Waals surface area (Å²) in [7, 11) is -3.92. The normalized spacial score (nSPS) is 18.9. The molecule has 1 aromatic heterocycles. The number of carbonyl (C=O) groups is 1. The lowest BCUT2D eigenvalue weighted by atomic mass is 10.1. The molecule has 178 valence electrons. The lowest BCUT2D eigenvalue weighted by Gasteiger charge is -2.23. The van der Waals surface area contributed by atoms with Crippen molar-refractivity contribution in [2.75, 3.05) is 11.9 Å². The molecule has 2 aromatic carbocycles. The monoisotopic (exact) mass is 483 g/mol. The minimum absolute atomic E-state index is 0.0249. The van der Waals surface area contributed by atoms with E-state index in [4.69, 9.17) is 0 Å². The van der Waals surface area contributed by atoms with E-state index in [1.54, 1.807) is 6.07 Å². The van der Waals surface area contributed by atoms with Crippen molar-refractivity contribution in [1.29, 1.82) is 0 Å². The maximum absolute atomic E-state index is 13.3. The summed E-state index contributed by atoms with van der Waals surface area (Å²) < 4.78 is 42.8. The summed E-state index contributed by atoms with van der Waals surface area (Å²) in [4.78, 5) is 13.1. The van der Waals surface area contributed by atoms with Crippen molar-refractivity contribution in [3.63, 3.8) is 0 Å². The van der Waals surface area contributed by atoms with Gasteiger partial charge in [-0.2, -0.15) is 4.31 Å². The number of aryl methyl sites for hydroxylation is 1. The Morgan fingerprint density at radius 3 is 2.65 bits per heavy atom. The maximum Gasteiger partial charge on any atom is 0.243 e. The van der Waals surface area contributed by atoms with E-state index >= 15 is 0 Å². The van der Waals surface area contributed by atoms with Gasteiger partial charge in [-0.25, -0.2) is 12.8 Å². The number of hydrogen-bond acceptors (Lipinski definition) is 5. The summed E-state index contributed by atoms with van der Waals surface area (Å²) in [6.45, 7) is 1.11. The van der Waals surface area contributed by atoms with E-state index in [0.717, 1.165) is 61.6 Å². The Morgan fingerprint density at radius 1 is 1.00 bits per heavy atom. The summed E-state index contributed by atoms with van der Waals surface area (Å²) in [6.07, 6.45) is 5.25. The standard InChI is InChI=1S/C24H26FN5O3S/c25-18-10-12-20(13-11-18)34(32,33)30-15-5-8-21(30)24(31)26-19-7-4-6-17(16-19)23-28-27-22-9-2-1-3-14-29(22)23/h4,6-7,10-13,16,21H,1-3,5,8-9,14-15H2,(H,26,31)/t21-/m1/s1. The number of halogens is 1. The lowest BCUT2D eigenvalue weighted by Crippen LogP contribution is -2.43. The minimum atomic E-state index is -3.92. The van der Waals surface area contributed by atoms with Crippen molar-refractivity contribution in [1.82, 2.24) is 19.1 Å². The number of hydrogen-bond donors (Lipinski definition) is 1. The van der Waals surface area contributed by atoms with E-state index in [2.05, 4.69) is 20.1 Å². The molecule has 1 fully saturated rings. The molecule has 0 spiro atoms. The van der Waals surface area contributed by atoms with Gasteiger partial charge in [-0.05, 0) is 62.1 Å². The van der Waals surface area contributed by atoms with Gasteiger partial charge >= 0.3 is 0 Å². The van der Waals surface area contributed by atoms with Crippen LogP contribution in [0.1, 0.15) is 37.9 Å². The summed E-state index contributed by atoms with van der Waals surface area (Å²) in [6, 6.07) is 11.2. The molecule has 8 nitrogen and oxygen atoms in total. The fourth-order valence-electron chi connectivity index (χ4n) is 4.69. The SMILES string of the molecule is O=C(Nc1cccc(-c2nnc3n2CCCCC3)c1)[C@H]1CCCN1S(=O)(=O)c1ccc(F)cc1. The van der Waals surface area contributed by atoms with Crippen LogP contribution in [-0.2, 0) is 27.8 Å². The Labute approximate surface area is 197 Å². The molecular weight excluding hydrogens is 457 g/mol. The number of nitrogens with zero attached hydrogens (tertiary/aromatic N) is 4. The number of carbonyl (C=O) groups excluding carboxylic acids is 1. The van der Waals surface area contributed by atoms with Crippen molar-refractivity contribution in [2.24, 2.45) is 0 Å². The average molecular weight is 484 g/mol. The third kappa shape index (κ3) is 4.35. The van der Waals surface area contributed by atoms with E-state index in [9.17, 15) is 17.6 Å². The first-order chi connectivity index (χ1) is 16.4. The average Bonchev–Trinajstić information content (AvgIpc) is 3.42. The van der Waals surface area contributed by atoms with E-state index in [1.807, 2.05) is 18.2 Å². The van der Waals surface area contributed by atoms with Crippen molar-refractivity contribution in [2.45, 2.75) is 56.0 Å². The van der Waals surface area contributed by atoms with Crippen LogP contribution in [0.4, 0.5) is 10.1 Å². The van der Waals surface area contributed by atoms with Crippen LogP contribution in [0.5, 0.6) is 0 Å². The summed E-state index contributed by atoms with van der Waals surface area (Å²) >= 11 is 0. The number of benzene rings is 2. The Kier molecular flexibility index (Phi) is 6.18. The maximum atomic E-state index is 13.3. The van der Waals surface area contributed by atoms with Crippen LogP contribution in [0.3, 0.4) is 0 Å². The van der Waals surface area contributed by atoms with Crippen molar-refractivity contribution >= 4 is 21.6 Å². The summed E-state index contributed by atoms with van der Waals surface area (Å²) in [5, 5.41) is 11.6. The zero-order valence-corrected chi connectivity index (χ0v) is 19.5. The number of aromatic nitrogens is 3. The molecule has 1 amide bonds. The smallest absolute Gasteiger partial charge is 0.243 e. The molecule has 2 aliphatic rings. The molecule has 1 atom stereocenters.